The van der Waals surface area contributed by atoms with Gasteiger partial charge in [-0.15, -0.1) is 0 Å². The number of benzene rings is 2. The first-order valence-electron chi connectivity index (χ1n) is 7.35. The molecule has 0 bridgehead atoms. The van der Waals surface area contributed by atoms with Crippen LogP contribution in [0, 0.1) is 18.3 Å². The van der Waals surface area contributed by atoms with Gasteiger partial charge >= 0.3 is 0 Å². The average Bonchev–Trinajstić information content (AvgIpc) is 2.56. The highest BCUT2D eigenvalue weighted by molar-refractivity contribution is 6.09. The van der Waals surface area contributed by atoms with E-state index in [9.17, 15) is 10.1 Å². The zero-order chi connectivity index (χ0) is 16.7. The summed E-state index contributed by atoms with van der Waals surface area (Å²) in [6.07, 6.45) is 1.55. The second-order valence-corrected chi connectivity index (χ2v) is 4.99. The maximum absolute atomic E-state index is 12.2. The summed E-state index contributed by atoms with van der Waals surface area (Å²) in [5, 5.41) is 11.9. The molecular formula is C19H18N2O2. The van der Waals surface area contributed by atoms with Crippen molar-refractivity contribution in [3.63, 3.8) is 0 Å². The Kier molecular flexibility index (Phi) is 5.54. The van der Waals surface area contributed by atoms with E-state index < -0.39 is 5.91 Å². The van der Waals surface area contributed by atoms with Crippen LogP contribution in [0.15, 0.2) is 54.1 Å². The highest BCUT2D eigenvalue weighted by Crippen LogP contribution is 2.16. The smallest absolute Gasteiger partial charge is 0.266 e. The van der Waals surface area contributed by atoms with Gasteiger partial charge in [0.05, 0.1) is 6.61 Å². The molecule has 0 heterocycles. The van der Waals surface area contributed by atoms with Gasteiger partial charge in [-0.1, -0.05) is 29.8 Å². The van der Waals surface area contributed by atoms with E-state index in [0.717, 1.165) is 16.9 Å². The lowest BCUT2D eigenvalue weighted by molar-refractivity contribution is -0.112. The SMILES string of the molecule is CCOc1ccc(/C=C(\C#N)C(=O)Nc2ccc(C)cc2)cc1. The molecule has 4 heteroatoms. The maximum atomic E-state index is 12.2. The second-order valence-electron chi connectivity index (χ2n) is 4.99. The van der Waals surface area contributed by atoms with Crippen LogP contribution in [0.5, 0.6) is 5.75 Å². The molecule has 0 aliphatic heterocycles. The van der Waals surface area contributed by atoms with Crippen molar-refractivity contribution in [3.05, 3.63) is 65.2 Å². The van der Waals surface area contributed by atoms with E-state index in [1.54, 1.807) is 18.2 Å². The number of aryl methyl sites for hydroxylation is 1. The van der Waals surface area contributed by atoms with E-state index in [0.29, 0.717) is 12.3 Å². The summed E-state index contributed by atoms with van der Waals surface area (Å²) in [7, 11) is 0. The lowest BCUT2D eigenvalue weighted by atomic mass is 10.1. The van der Waals surface area contributed by atoms with Crippen molar-refractivity contribution in [1.82, 2.24) is 0 Å². The lowest BCUT2D eigenvalue weighted by Gasteiger charge is -2.05. The summed E-state index contributed by atoms with van der Waals surface area (Å²) in [5.41, 5.74) is 2.58. The Morgan fingerprint density at radius 3 is 2.39 bits per heavy atom. The molecule has 0 unspecified atom stereocenters. The number of hydrogen-bond donors (Lipinski definition) is 1. The third-order valence-corrected chi connectivity index (χ3v) is 3.18. The molecule has 0 aliphatic rings. The number of nitrogens with zero attached hydrogens (tertiary/aromatic N) is 1. The summed E-state index contributed by atoms with van der Waals surface area (Å²) in [6.45, 7) is 4.48. The molecule has 2 rings (SSSR count). The summed E-state index contributed by atoms with van der Waals surface area (Å²) in [6, 6.07) is 16.6. The summed E-state index contributed by atoms with van der Waals surface area (Å²) in [4.78, 5) is 12.2. The minimum absolute atomic E-state index is 0.0507. The number of carbonyl (C=O) groups excluding carboxylic acids is 1. The van der Waals surface area contributed by atoms with E-state index in [4.69, 9.17) is 4.74 Å². The molecule has 0 atom stereocenters. The fraction of sp³-hybridized carbons (Fsp3) is 0.158. The minimum Gasteiger partial charge on any atom is -0.494 e. The van der Waals surface area contributed by atoms with Gasteiger partial charge in [0.25, 0.3) is 5.91 Å². The highest BCUT2D eigenvalue weighted by atomic mass is 16.5. The van der Waals surface area contributed by atoms with Crippen LogP contribution in [-0.4, -0.2) is 12.5 Å². The van der Waals surface area contributed by atoms with Gasteiger partial charge in [-0.25, -0.2) is 0 Å². The fourth-order valence-corrected chi connectivity index (χ4v) is 1.98. The number of carbonyl (C=O) groups is 1. The molecule has 23 heavy (non-hydrogen) atoms. The summed E-state index contributed by atoms with van der Waals surface area (Å²) < 4.78 is 5.36. The van der Waals surface area contributed by atoms with Gasteiger partial charge in [-0.05, 0) is 49.8 Å². The first-order chi connectivity index (χ1) is 11.1. The monoisotopic (exact) mass is 306 g/mol. The van der Waals surface area contributed by atoms with Gasteiger partial charge < -0.3 is 10.1 Å². The molecule has 116 valence electrons. The van der Waals surface area contributed by atoms with Gasteiger partial charge in [0.2, 0.25) is 0 Å². The van der Waals surface area contributed by atoms with Crippen LogP contribution in [0.2, 0.25) is 0 Å². The highest BCUT2D eigenvalue weighted by Gasteiger charge is 2.09. The summed E-state index contributed by atoms with van der Waals surface area (Å²) in [5.74, 6) is 0.331. The van der Waals surface area contributed by atoms with Gasteiger partial charge in [-0.3, -0.25) is 4.79 Å². The molecule has 4 nitrogen and oxygen atoms in total. The standard InChI is InChI=1S/C19H18N2O2/c1-3-23-18-10-6-15(7-11-18)12-16(13-20)19(22)21-17-8-4-14(2)5-9-17/h4-12H,3H2,1-2H3,(H,21,22)/b16-12+. The van der Waals surface area contributed by atoms with Crippen LogP contribution in [-0.2, 0) is 4.79 Å². The zero-order valence-corrected chi connectivity index (χ0v) is 13.2. The second kappa shape index (κ2) is 7.81. The van der Waals surface area contributed by atoms with Gasteiger partial charge in [0.1, 0.15) is 17.4 Å². The van der Waals surface area contributed by atoms with Crippen molar-refractivity contribution in [2.45, 2.75) is 13.8 Å². The van der Waals surface area contributed by atoms with Crippen LogP contribution in [0.25, 0.3) is 6.08 Å². The minimum atomic E-state index is -0.426. The molecule has 1 amide bonds. The van der Waals surface area contributed by atoms with Crippen LogP contribution >= 0.6 is 0 Å². The van der Waals surface area contributed by atoms with E-state index in [1.807, 2.05) is 56.3 Å². The van der Waals surface area contributed by atoms with E-state index >= 15 is 0 Å². The van der Waals surface area contributed by atoms with Crippen LogP contribution in [0.1, 0.15) is 18.1 Å². The Morgan fingerprint density at radius 2 is 1.83 bits per heavy atom. The van der Waals surface area contributed by atoms with Gasteiger partial charge in [0, 0.05) is 5.69 Å². The number of anilines is 1. The molecular weight excluding hydrogens is 288 g/mol. The predicted molar refractivity (Wildman–Crippen MR) is 91.0 cm³/mol. The van der Waals surface area contributed by atoms with Crippen molar-refractivity contribution in [3.8, 4) is 11.8 Å². The van der Waals surface area contributed by atoms with E-state index in [-0.39, 0.29) is 5.57 Å². The lowest BCUT2D eigenvalue weighted by Crippen LogP contribution is -2.13. The molecule has 0 saturated carbocycles. The Labute approximate surface area is 136 Å². The Morgan fingerprint density at radius 1 is 1.17 bits per heavy atom. The number of nitrogens with one attached hydrogen (secondary N) is 1. The van der Waals surface area contributed by atoms with E-state index in [1.165, 1.54) is 0 Å². The summed E-state index contributed by atoms with van der Waals surface area (Å²) >= 11 is 0. The zero-order valence-electron chi connectivity index (χ0n) is 13.2. The van der Waals surface area contributed by atoms with Crippen LogP contribution in [0.4, 0.5) is 5.69 Å². The third-order valence-electron chi connectivity index (χ3n) is 3.18. The molecule has 0 aliphatic carbocycles. The molecule has 0 radical (unpaired) electrons. The van der Waals surface area contributed by atoms with Crippen molar-refractivity contribution < 1.29 is 9.53 Å². The third kappa shape index (κ3) is 4.72. The van der Waals surface area contributed by atoms with Crippen molar-refractivity contribution in [2.75, 3.05) is 11.9 Å². The number of nitriles is 1. The van der Waals surface area contributed by atoms with E-state index in [2.05, 4.69) is 5.32 Å². The number of rotatable bonds is 5. The number of amides is 1. The van der Waals surface area contributed by atoms with Crippen molar-refractivity contribution >= 4 is 17.7 Å². The van der Waals surface area contributed by atoms with Crippen LogP contribution < -0.4 is 10.1 Å². The normalized spacial score (nSPS) is 10.7. The quantitative estimate of drug-likeness (QED) is 0.672. The van der Waals surface area contributed by atoms with Crippen molar-refractivity contribution in [2.24, 2.45) is 0 Å². The average molecular weight is 306 g/mol. The van der Waals surface area contributed by atoms with Gasteiger partial charge in [0.15, 0.2) is 0 Å². The molecule has 0 saturated heterocycles. The first kappa shape index (κ1) is 16.3. The Hall–Kier alpha value is -3.06. The molecule has 0 fully saturated rings. The fourth-order valence-electron chi connectivity index (χ4n) is 1.98. The number of ether oxygens (including phenoxy) is 1. The predicted octanol–water partition coefficient (Wildman–Crippen LogP) is 3.94. The molecule has 0 aromatic heterocycles. The van der Waals surface area contributed by atoms with Crippen LogP contribution in [0.3, 0.4) is 0 Å². The Balaban J connectivity index is 2.12. The maximum Gasteiger partial charge on any atom is 0.266 e. The number of hydrogen-bond acceptors (Lipinski definition) is 3. The first-order valence-corrected chi connectivity index (χ1v) is 7.35. The molecule has 1 N–H and O–H groups in total. The topological polar surface area (TPSA) is 62.1 Å². The van der Waals surface area contributed by atoms with Crippen molar-refractivity contribution in [1.29, 1.82) is 5.26 Å². The Bertz CT molecular complexity index is 738. The molecule has 0 spiro atoms. The molecule has 2 aromatic rings. The molecule has 2 aromatic carbocycles. The van der Waals surface area contributed by atoms with Gasteiger partial charge in [-0.2, -0.15) is 5.26 Å². The largest absolute Gasteiger partial charge is 0.494 e.